The zero-order valence-corrected chi connectivity index (χ0v) is 19.6. The summed E-state index contributed by atoms with van der Waals surface area (Å²) in [6.45, 7) is 6.45. The van der Waals surface area contributed by atoms with E-state index in [1.807, 2.05) is 26.8 Å². The van der Waals surface area contributed by atoms with Crippen LogP contribution in [0.1, 0.15) is 39.9 Å². The van der Waals surface area contributed by atoms with Crippen LogP contribution in [-0.4, -0.2) is 30.3 Å². The minimum absolute atomic E-state index is 0.0667. The number of aromatic nitrogens is 5. The molecule has 11 heteroatoms. The lowest BCUT2D eigenvalue weighted by Gasteiger charge is -2.11. The molecule has 0 aliphatic heterocycles. The van der Waals surface area contributed by atoms with Gasteiger partial charge in [-0.1, -0.05) is 12.1 Å². The fourth-order valence-electron chi connectivity index (χ4n) is 3.43. The number of nitrogens with zero attached hydrogens (tertiary/aromatic N) is 5. The van der Waals surface area contributed by atoms with Gasteiger partial charge < -0.3 is 5.32 Å². The third-order valence-electron chi connectivity index (χ3n) is 5.37. The molecule has 3 heterocycles. The average Bonchev–Trinajstić information content (AvgIpc) is 3.35. The smallest absolute Gasteiger partial charge is 0.345 e. The van der Waals surface area contributed by atoms with Gasteiger partial charge in [-0.25, -0.2) is 9.50 Å². The lowest BCUT2D eigenvalue weighted by atomic mass is 10.0. The molecular weight excluding hydrogens is 501 g/mol. The molecule has 0 aliphatic rings. The second-order valence-electron chi connectivity index (χ2n) is 7.56. The standard InChI is InChI=1S/C22H20BrF3N6O/c1-4-31-18(15(23)10-28-31)11-27-21(33)17-9-20-29-16(14-6-5-12(2)13(3)7-14)8-19(22(24,25)26)32(20)30-17/h5-10H,4,11H2,1-3H3,(H,27,33). The van der Waals surface area contributed by atoms with E-state index in [0.29, 0.717) is 16.6 Å². The normalized spacial score (nSPS) is 11.8. The second kappa shape index (κ2) is 8.62. The maximum atomic E-state index is 13.8. The molecule has 0 spiro atoms. The Morgan fingerprint density at radius 3 is 2.58 bits per heavy atom. The molecule has 172 valence electrons. The first kappa shape index (κ1) is 23.0. The number of hydrogen-bond donors (Lipinski definition) is 1. The maximum absolute atomic E-state index is 13.8. The summed E-state index contributed by atoms with van der Waals surface area (Å²) in [6.07, 6.45) is -3.07. The monoisotopic (exact) mass is 520 g/mol. The molecule has 4 rings (SSSR count). The van der Waals surface area contributed by atoms with Gasteiger partial charge in [0.15, 0.2) is 17.0 Å². The Hall–Kier alpha value is -3.21. The summed E-state index contributed by atoms with van der Waals surface area (Å²) in [5.41, 5.74) is 2.17. The van der Waals surface area contributed by atoms with Crippen molar-refractivity contribution in [3.63, 3.8) is 0 Å². The van der Waals surface area contributed by atoms with Crippen LogP contribution in [0.4, 0.5) is 13.2 Å². The molecular formula is C22H20BrF3N6O. The number of hydrogen-bond acceptors (Lipinski definition) is 4. The van der Waals surface area contributed by atoms with Crippen LogP contribution in [0, 0.1) is 13.8 Å². The number of fused-ring (bicyclic) bond motifs is 1. The number of halogens is 4. The van der Waals surface area contributed by atoms with Crippen LogP contribution in [-0.2, 0) is 19.3 Å². The first-order valence-corrected chi connectivity index (χ1v) is 10.9. The average molecular weight is 521 g/mol. The van der Waals surface area contributed by atoms with Crippen molar-refractivity contribution in [2.24, 2.45) is 0 Å². The van der Waals surface area contributed by atoms with Crippen molar-refractivity contribution in [3.8, 4) is 11.3 Å². The highest BCUT2D eigenvalue weighted by atomic mass is 79.9. The molecule has 0 fully saturated rings. The molecule has 3 aromatic heterocycles. The lowest BCUT2D eigenvalue weighted by Crippen LogP contribution is -2.25. The van der Waals surface area contributed by atoms with Crippen molar-refractivity contribution < 1.29 is 18.0 Å². The molecule has 4 aromatic rings. The van der Waals surface area contributed by atoms with Crippen LogP contribution >= 0.6 is 15.9 Å². The van der Waals surface area contributed by atoms with Gasteiger partial charge in [0, 0.05) is 18.2 Å². The fraction of sp³-hybridized carbons (Fsp3) is 0.273. The van der Waals surface area contributed by atoms with Crippen LogP contribution < -0.4 is 5.32 Å². The molecule has 1 N–H and O–H groups in total. The Labute approximate surface area is 195 Å². The van der Waals surface area contributed by atoms with Crippen molar-refractivity contribution in [1.82, 2.24) is 29.7 Å². The third kappa shape index (κ3) is 4.50. The summed E-state index contributed by atoms with van der Waals surface area (Å²) in [6, 6.07) is 7.54. The van der Waals surface area contributed by atoms with Crippen LogP contribution in [0.3, 0.4) is 0 Å². The van der Waals surface area contributed by atoms with E-state index in [-0.39, 0.29) is 23.6 Å². The van der Waals surface area contributed by atoms with Crippen molar-refractivity contribution in [3.05, 3.63) is 69.2 Å². The summed E-state index contributed by atoms with van der Waals surface area (Å²) in [4.78, 5) is 17.0. The summed E-state index contributed by atoms with van der Waals surface area (Å²) >= 11 is 3.37. The van der Waals surface area contributed by atoms with E-state index in [0.717, 1.165) is 27.4 Å². The maximum Gasteiger partial charge on any atom is 0.433 e. The first-order chi connectivity index (χ1) is 15.6. The highest BCUT2D eigenvalue weighted by molar-refractivity contribution is 9.10. The van der Waals surface area contributed by atoms with E-state index in [4.69, 9.17) is 0 Å². The van der Waals surface area contributed by atoms with Gasteiger partial charge in [0.2, 0.25) is 0 Å². The Morgan fingerprint density at radius 2 is 1.91 bits per heavy atom. The quantitative estimate of drug-likeness (QED) is 0.404. The summed E-state index contributed by atoms with van der Waals surface area (Å²) < 4.78 is 44.6. The van der Waals surface area contributed by atoms with E-state index in [9.17, 15) is 18.0 Å². The van der Waals surface area contributed by atoms with Crippen molar-refractivity contribution in [1.29, 1.82) is 0 Å². The van der Waals surface area contributed by atoms with Gasteiger partial charge in [0.05, 0.1) is 28.6 Å². The van der Waals surface area contributed by atoms with Crippen LogP contribution in [0.5, 0.6) is 0 Å². The van der Waals surface area contributed by atoms with Gasteiger partial charge in [-0.3, -0.25) is 9.48 Å². The van der Waals surface area contributed by atoms with E-state index < -0.39 is 17.8 Å². The van der Waals surface area contributed by atoms with Crippen LogP contribution in [0.2, 0.25) is 0 Å². The predicted molar refractivity (Wildman–Crippen MR) is 120 cm³/mol. The Bertz CT molecular complexity index is 1360. The first-order valence-electron chi connectivity index (χ1n) is 10.1. The molecule has 0 saturated carbocycles. The minimum atomic E-state index is -4.69. The van der Waals surface area contributed by atoms with Crippen molar-refractivity contribution in [2.45, 2.75) is 40.0 Å². The number of rotatable bonds is 5. The molecule has 0 radical (unpaired) electrons. The van der Waals surface area contributed by atoms with Gasteiger partial charge in [-0.2, -0.15) is 23.4 Å². The third-order valence-corrected chi connectivity index (χ3v) is 6.03. The number of nitrogens with one attached hydrogen (secondary N) is 1. The molecule has 0 aliphatic carbocycles. The number of carbonyl (C=O) groups excluding carboxylic acids is 1. The summed E-state index contributed by atoms with van der Waals surface area (Å²) in [5, 5.41) is 10.8. The number of benzene rings is 1. The Morgan fingerprint density at radius 1 is 1.15 bits per heavy atom. The predicted octanol–water partition coefficient (Wildman–Crippen LogP) is 4.94. The zero-order valence-electron chi connectivity index (χ0n) is 18.0. The van der Waals surface area contributed by atoms with Crippen molar-refractivity contribution >= 4 is 27.5 Å². The summed E-state index contributed by atoms with van der Waals surface area (Å²) in [7, 11) is 0. The van der Waals surface area contributed by atoms with E-state index >= 15 is 0 Å². The number of amides is 1. The zero-order chi connectivity index (χ0) is 23.9. The highest BCUT2D eigenvalue weighted by Gasteiger charge is 2.35. The van der Waals surface area contributed by atoms with Crippen LogP contribution in [0.15, 0.2) is 41.0 Å². The lowest BCUT2D eigenvalue weighted by molar-refractivity contribution is -0.142. The molecule has 7 nitrogen and oxygen atoms in total. The number of alkyl halides is 3. The molecule has 1 amide bonds. The SMILES string of the molecule is CCn1ncc(Br)c1CNC(=O)c1cc2nc(-c3ccc(C)c(C)c3)cc(C(F)(F)F)n2n1. The van der Waals surface area contributed by atoms with E-state index in [2.05, 4.69) is 36.4 Å². The van der Waals surface area contributed by atoms with Gasteiger partial charge >= 0.3 is 6.18 Å². The second-order valence-corrected chi connectivity index (χ2v) is 8.41. The largest absolute Gasteiger partial charge is 0.433 e. The van der Waals surface area contributed by atoms with Gasteiger partial charge in [0.25, 0.3) is 5.91 Å². The van der Waals surface area contributed by atoms with Gasteiger partial charge in [0.1, 0.15) is 0 Å². The molecule has 0 atom stereocenters. The molecule has 0 unspecified atom stereocenters. The number of aryl methyl sites for hydroxylation is 3. The molecule has 33 heavy (non-hydrogen) atoms. The Balaban J connectivity index is 1.71. The van der Waals surface area contributed by atoms with E-state index in [1.54, 1.807) is 23.0 Å². The highest BCUT2D eigenvalue weighted by Crippen LogP contribution is 2.32. The van der Waals surface area contributed by atoms with Crippen molar-refractivity contribution in [2.75, 3.05) is 0 Å². The molecule has 0 saturated heterocycles. The van der Waals surface area contributed by atoms with Gasteiger partial charge in [-0.15, -0.1) is 0 Å². The number of carbonyl (C=O) groups is 1. The minimum Gasteiger partial charge on any atom is -0.345 e. The summed E-state index contributed by atoms with van der Waals surface area (Å²) in [5.74, 6) is -0.614. The van der Waals surface area contributed by atoms with Gasteiger partial charge in [-0.05, 0) is 60.0 Å². The Kier molecular flexibility index (Phi) is 6.00. The fourth-order valence-corrected chi connectivity index (χ4v) is 3.86. The van der Waals surface area contributed by atoms with Crippen LogP contribution in [0.25, 0.3) is 16.9 Å². The molecule has 0 bridgehead atoms. The molecule has 1 aromatic carbocycles. The topological polar surface area (TPSA) is 77.1 Å². The van der Waals surface area contributed by atoms with E-state index in [1.165, 1.54) is 6.07 Å².